The molecule has 64 heavy (non-hydrogen) atoms. The molecule has 2 heterocycles. The first kappa shape index (κ1) is 50.9. The molecule has 6 atom stereocenters. The quantitative estimate of drug-likeness (QED) is 0.0304. The van der Waals surface area contributed by atoms with Crippen molar-refractivity contribution >= 4 is 70.0 Å². The summed E-state index contributed by atoms with van der Waals surface area (Å²) in [5, 5.41) is 27.0. The minimum absolute atomic E-state index is 0.0139. The number of nitrogens with zero attached hydrogens (tertiary/aromatic N) is 1. The van der Waals surface area contributed by atoms with Gasteiger partial charge in [-0.15, -0.1) is 0 Å². The summed E-state index contributed by atoms with van der Waals surface area (Å²) >= 11 is 0. The van der Waals surface area contributed by atoms with E-state index in [1.54, 1.807) is 30.5 Å². The Bertz CT molecular complexity index is 2130. The normalized spacial score (nSPS) is 13.7. The number of rotatable bonds is 28. The van der Waals surface area contributed by atoms with Crippen LogP contribution in [0.25, 0.3) is 10.9 Å². The maximum Gasteiger partial charge on any atom is 0.326 e. The first-order valence-electron chi connectivity index (χ1n) is 20.2. The van der Waals surface area contributed by atoms with Gasteiger partial charge in [-0.3, -0.25) is 43.2 Å². The number of hydrogen-bond donors (Lipinski definition) is 14. The standard InChI is InChI=1S/C39H56N14O11/c1-20(49-32(56)17-47-36(60)26(9-10-30(42)54)50-33(57)18-46-35(59)24(41)13-22-16-44-19-48-22)34(58)52-28(12-21-15-45-25-7-3-2-6-23(21)25)37(61)53-29(14-31(43)55)38(62)51-27(39(63)64)8-4-5-11-40/h2-3,6-7,15-16,19-20,24,26-29,45H,4-5,8-14,17-18,40-41H2,1H3,(H2,42,54)(H2,43,55)(H,44,48)(H,46,59)(H,47,60)(H,49,56)(H,50,57)(H,51,62)(H,52,58)(H,53,61)(H,63,64)/t20-,24-,26-,27-,28-,29-/m0/s1. The van der Waals surface area contributed by atoms with E-state index in [-0.39, 0.29) is 32.1 Å². The molecule has 0 saturated carbocycles. The smallest absolute Gasteiger partial charge is 0.326 e. The largest absolute Gasteiger partial charge is 0.480 e. The number of H-pyrrole nitrogens is 2. The summed E-state index contributed by atoms with van der Waals surface area (Å²) < 4.78 is 0. The molecule has 9 amide bonds. The summed E-state index contributed by atoms with van der Waals surface area (Å²) in [6, 6.07) is -1.14. The number of carboxylic acid groups (broad SMARTS) is 1. The fraction of sp³-hybridized carbons (Fsp3) is 0.462. The topological polar surface area (TPSA) is 424 Å². The molecule has 25 heteroatoms. The number of para-hydroxylation sites is 1. The number of fused-ring (bicyclic) bond motifs is 1. The van der Waals surface area contributed by atoms with Crippen molar-refractivity contribution in [1.82, 2.24) is 52.2 Å². The van der Waals surface area contributed by atoms with Gasteiger partial charge in [0.15, 0.2) is 0 Å². The van der Waals surface area contributed by atoms with Gasteiger partial charge in [0.05, 0.1) is 31.9 Å². The van der Waals surface area contributed by atoms with Crippen molar-refractivity contribution in [2.24, 2.45) is 22.9 Å². The molecule has 2 aromatic heterocycles. The second kappa shape index (κ2) is 25.5. The highest BCUT2D eigenvalue weighted by molar-refractivity contribution is 5.98. The van der Waals surface area contributed by atoms with Crippen LogP contribution < -0.4 is 60.2 Å². The van der Waals surface area contributed by atoms with E-state index < -0.39 is 115 Å². The summed E-state index contributed by atoms with van der Waals surface area (Å²) in [4.78, 5) is 137. The maximum atomic E-state index is 13.9. The molecule has 0 unspecified atom stereocenters. The van der Waals surface area contributed by atoms with E-state index >= 15 is 0 Å². The number of aromatic nitrogens is 3. The molecule has 0 aliphatic carbocycles. The van der Waals surface area contributed by atoms with Gasteiger partial charge in [0, 0.05) is 48.3 Å². The molecule has 0 saturated heterocycles. The summed E-state index contributed by atoms with van der Waals surface area (Å²) in [6.45, 7) is 0.272. The highest BCUT2D eigenvalue weighted by Crippen LogP contribution is 2.19. The van der Waals surface area contributed by atoms with Crippen LogP contribution in [-0.4, -0.2) is 135 Å². The van der Waals surface area contributed by atoms with Gasteiger partial charge in [0.2, 0.25) is 53.2 Å². The Labute approximate surface area is 366 Å². The van der Waals surface area contributed by atoms with Crippen molar-refractivity contribution in [3.63, 3.8) is 0 Å². The Morgan fingerprint density at radius 3 is 1.98 bits per heavy atom. The molecule has 0 fully saturated rings. The molecule has 0 aliphatic heterocycles. The molecule has 1 aromatic carbocycles. The van der Waals surface area contributed by atoms with Gasteiger partial charge < -0.3 is 75.2 Å². The van der Waals surface area contributed by atoms with Crippen LogP contribution >= 0.6 is 0 Å². The van der Waals surface area contributed by atoms with Crippen LogP contribution in [-0.2, 0) is 60.8 Å². The van der Waals surface area contributed by atoms with Gasteiger partial charge in [-0.05, 0) is 50.8 Å². The number of carbonyl (C=O) groups is 10. The van der Waals surface area contributed by atoms with Crippen molar-refractivity contribution in [3.05, 3.63) is 54.2 Å². The number of benzene rings is 1. The Morgan fingerprint density at radius 2 is 1.34 bits per heavy atom. The number of unbranched alkanes of at least 4 members (excludes halogenated alkanes) is 1. The van der Waals surface area contributed by atoms with Crippen LogP contribution in [0.2, 0.25) is 0 Å². The molecule has 0 bridgehead atoms. The number of nitrogens with one attached hydrogen (secondary N) is 9. The van der Waals surface area contributed by atoms with Gasteiger partial charge in [-0.1, -0.05) is 18.2 Å². The third kappa shape index (κ3) is 17.2. The lowest BCUT2D eigenvalue weighted by molar-refractivity contribution is -0.142. The van der Waals surface area contributed by atoms with Crippen LogP contribution in [0.5, 0.6) is 0 Å². The molecule has 0 aliphatic rings. The Morgan fingerprint density at radius 1 is 0.703 bits per heavy atom. The monoisotopic (exact) mass is 896 g/mol. The lowest BCUT2D eigenvalue weighted by Gasteiger charge is -2.25. The van der Waals surface area contributed by atoms with Gasteiger partial charge in [0.25, 0.3) is 0 Å². The Kier molecular flexibility index (Phi) is 20.3. The average Bonchev–Trinajstić information content (AvgIpc) is 3.92. The van der Waals surface area contributed by atoms with Crippen molar-refractivity contribution in [2.75, 3.05) is 19.6 Å². The van der Waals surface area contributed by atoms with Crippen molar-refractivity contribution in [1.29, 1.82) is 0 Å². The van der Waals surface area contributed by atoms with Crippen molar-refractivity contribution in [3.8, 4) is 0 Å². The number of amides is 9. The number of nitrogens with two attached hydrogens (primary N) is 4. The Balaban J connectivity index is 1.67. The lowest BCUT2D eigenvalue weighted by Crippen LogP contribution is -2.58. The van der Waals surface area contributed by atoms with Crippen LogP contribution in [0, 0.1) is 0 Å². The van der Waals surface area contributed by atoms with Gasteiger partial charge in [0.1, 0.15) is 30.2 Å². The minimum atomic E-state index is -1.64. The highest BCUT2D eigenvalue weighted by Gasteiger charge is 2.32. The average molecular weight is 897 g/mol. The van der Waals surface area contributed by atoms with Crippen molar-refractivity contribution < 1.29 is 53.1 Å². The minimum Gasteiger partial charge on any atom is -0.480 e. The zero-order valence-corrected chi connectivity index (χ0v) is 35.1. The first-order valence-corrected chi connectivity index (χ1v) is 20.2. The number of carboxylic acids is 1. The van der Waals surface area contributed by atoms with E-state index in [0.717, 1.165) is 0 Å². The number of hydrogen-bond acceptors (Lipinski definition) is 13. The Hall–Kier alpha value is -7.41. The maximum absolute atomic E-state index is 13.9. The number of aromatic amines is 2. The summed E-state index contributed by atoms with van der Waals surface area (Å²) in [5.74, 6) is -9.28. The molecule has 0 radical (unpaired) electrons. The predicted molar refractivity (Wildman–Crippen MR) is 226 cm³/mol. The summed E-state index contributed by atoms with van der Waals surface area (Å²) in [7, 11) is 0. The third-order valence-electron chi connectivity index (χ3n) is 9.61. The van der Waals surface area contributed by atoms with E-state index in [9.17, 15) is 53.1 Å². The van der Waals surface area contributed by atoms with Crippen LogP contribution in [0.15, 0.2) is 43.0 Å². The van der Waals surface area contributed by atoms with Crippen LogP contribution in [0.1, 0.15) is 56.7 Å². The second-order valence-corrected chi connectivity index (χ2v) is 14.8. The number of imidazole rings is 1. The molecular formula is C39H56N14O11. The van der Waals surface area contributed by atoms with Gasteiger partial charge in [-0.2, -0.15) is 0 Å². The summed E-state index contributed by atoms with van der Waals surface area (Å²) in [6.07, 6.45) is 3.98. The fourth-order valence-electron chi connectivity index (χ4n) is 6.21. The molecule has 3 rings (SSSR count). The first-order chi connectivity index (χ1) is 30.4. The lowest BCUT2D eigenvalue weighted by atomic mass is 10.0. The van der Waals surface area contributed by atoms with E-state index in [0.29, 0.717) is 41.5 Å². The highest BCUT2D eigenvalue weighted by atomic mass is 16.4. The zero-order chi connectivity index (χ0) is 47.3. The van der Waals surface area contributed by atoms with E-state index in [4.69, 9.17) is 22.9 Å². The van der Waals surface area contributed by atoms with E-state index in [2.05, 4.69) is 52.2 Å². The van der Waals surface area contributed by atoms with Crippen molar-refractivity contribution in [2.45, 2.75) is 94.5 Å². The number of primary amides is 2. The van der Waals surface area contributed by atoms with E-state index in [1.165, 1.54) is 19.4 Å². The molecule has 348 valence electrons. The van der Waals surface area contributed by atoms with Crippen LogP contribution in [0.3, 0.4) is 0 Å². The van der Waals surface area contributed by atoms with Crippen LogP contribution in [0.4, 0.5) is 0 Å². The zero-order valence-electron chi connectivity index (χ0n) is 35.1. The fourth-order valence-corrected chi connectivity index (χ4v) is 6.21. The number of aliphatic carboxylic acids is 1. The summed E-state index contributed by atoms with van der Waals surface area (Å²) in [5.41, 5.74) is 23.8. The predicted octanol–water partition coefficient (Wildman–Crippen LogP) is -4.97. The molecule has 0 spiro atoms. The van der Waals surface area contributed by atoms with Gasteiger partial charge >= 0.3 is 5.97 Å². The van der Waals surface area contributed by atoms with Gasteiger partial charge in [-0.25, -0.2) is 9.78 Å². The molecule has 25 nitrogen and oxygen atoms in total. The molecule has 18 N–H and O–H groups in total. The number of carbonyl (C=O) groups excluding carboxylic acids is 9. The molecule has 3 aromatic rings. The SMILES string of the molecule is C[C@H](NC(=O)CNC(=O)[C@H](CCC(N)=O)NC(=O)CNC(=O)[C@@H](N)Cc1cnc[nH]1)C(=O)N[C@@H](Cc1c[nH]c2ccccc12)C(=O)N[C@@H](CC(N)=O)C(=O)N[C@@H](CCCCN)C(=O)O. The second-order valence-electron chi connectivity index (χ2n) is 14.8. The third-order valence-corrected chi connectivity index (χ3v) is 9.61. The van der Waals surface area contributed by atoms with E-state index in [1.807, 2.05) is 0 Å². The molecular weight excluding hydrogens is 841 g/mol.